The summed E-state index contributed by atoms with van der Waals surface area (Å²) < 4.78 is 10.7. The van der Waals surface area contributed by atoms with Crippen LogP contribution in [0.25, 0.3) is 99.3 Å². The molecule has 3 fully saturated rings. The third kappa shape index (κ3) is 28.0. The summed E-state index contributed by atoms with van der Waals surface area (Å²) in [4.78, 5) is 130. The highest BCUT2D eigenvalue weighted by molar-refractivity contribution is 8.01. The average molecular weight is 2150 g/mol. The number of tetrazole rings is 2. The lowest BCUT2D eigenvalue weighted by Crippen LogP contribution is -2.17. The summed E-state index contributed by atoms with van der Waals surface area (Å²) in [5.74, 6) is 0. The molecule has 2 saturated carbocycles. The van der Waals surface area contributed by atoms with Crippen molar-refractivity contribution in [2.75, 3.05) is 13.2 Å². The maximum absolute atomic E-state index is 5.36. The third-order valence-corrected chi connectivity index (χ3v) is 31.2. The molecule has 2 aliphatic carbocycles. The fourth-order valence-corrected chi connectivity index (χ4v) is 22.7. The molecule has 3 aliphatic rings. The lowest BCUT2D eigenvalue weighted by Gasteiger charge is -2.21. The van der Waals surface area contributed by atoms with Crippen LogP contribution in [0.1, 0.15) is 70.6 Å². The van der Waals surface area contributed by atoms with Crippen LogP contribution >= 0.6 is 106 Å². The van der Waals surface area contributed by atoms with Crippen LogP contribution in [0, 0.1) is 0 Å². The van der Waals surface area contributed by atoms with Crippen molar-refractivity contribution in [1.82, 2.24) is 225 Å². The number of fused-ring (bicyclic) bond motifs is 9. The second kappa shape index (κ2) is 52.6. The molecule has 744 valence electrons. The van der Waals surface area contributed by atoms with E-state index in [0.29, 0.717) is 31.0 Å². The van der Waals surface area contributed by atoms with Crippen molar-refractivity contribution in [2.45, 2.75) is 163 Å². The Morgan fingerprint density at radius 3 is 0.973 bits per heavy atom. The molecule has 0 aromatic carbocycles. The first-order valence-electron chi connectivity index (χ1n) is 45.9. The maximum Gasteiger partial charge on any atom is 0.237 e. The molecule has 0 unspecified atom stereocenters. The normalized spacial score (nSPS) is 13.0. The summed E-state index contributed by atoms with van der Waals surface area (Å²) >= 11 is 13.9. The number of imidazole rings is 2. The summed E-state index contributed by atoms with van der Waals surface area (Å²) in [7, 11) is 5.62. The zero-order valence-corrected chi connectivity index (χ0v) is 86.4. The molecule has 55 heteroatoms. The first kappa shape index (κ1) is 102. The lowest BCUT2D eigenvalue weighted by atomic mass is 10.0. The summed E-state index contributed by atoms with van der Waals surface area (Å²) in [6.45, 7) is 1.71. The molecule has 1 saturated heterocycles. The van der Waals surface area contributed by atoms with Crippen LogP contribution in [0.15, 0.2) is 336 Å². The molecule has 0 radical (unpaired) electrons. The van der Waals surface area contributed by atoms with Gasteiger partial charge >= 0.3 is 0 Å². The zero-order chi connectivity index (χ0) is 101. The van der Waals surface area contributed by atoms with Gasteiger partial charge in [-0.05, 0) is 234 Å². The SMILES string of the molecule is Cn1ccnc1Sc1ncnc2cccnc12.Cn1cnnc1Sc1ncnc2cccnc12.Cn1nnnc1Sc1ncnc2cccnc12.c1cnc2c(SC3CCCC3)ncnc2c1.c1cnc2c(SC3CCCCC3)ncnc2c1.c1cnc2c(SC3CCOCC3)ncnc2c1.c1cnc2c(Sc3ncc[nH]3)ncnc2c1.c1cnc2c(Sc3ncn[nH]3)ncnc2c1.c1cnc2c(Sc3nn[nH]n3)ncnc2c1. The molecule has 0 atom stereocenters. The van der Waals surface area contributed by atoms with E-state index >= 15 is 0 Å². The minimum atomic E-state index is 0.505. The van der Waals surface area contributed by atoms with Crippen LogP contribution in [0.2, 0.25) is 0 Å². The minimum absolute atomic E-state index is 0.505. The van der Waals surface area contributed by atoms with Gasteiger partial charge < -0.3 is 18.9 Å². The van der Waals surface area contributed by atoms with E-state index in [-0.39, 0.29) is 0 Å². The molecule has 27 rings (SSSR count). The average Bonchev–Trinajstić information content (AvgIpc) is 1.20. The Labute approximate surface area is 884 Å². The highest BCUT2D eigenvalue weighted by Crippen LogP contribution is 2.40. The quantitative estimate of drug-likeness (QED) is 0.0672. The van der Waals surface area contributed by atoms with Gasteiger partial charge in [-0.2, -0.15) is 10.3 Å². The van der Waals surface area contributed by atoms with Gasteiger partial charge in [-0.15, -0.1) is 60.8 Å². The van der Waals surface area contributed by atoms with E-state index in [0.717, 1.165) is 186 Å². The zero-order valence-electron chi connectivity index (χ0n) is 79.0. The second-order valence-electron chi connectivity index (χ2n) is 31.4. The van der Waals surface area contributed by atoms with Gasteiger partial charge in [0.25, 0.3) is 0 Å². The maximum atomic E-state index is 5.36. The number of rotatable bonds is 18. The predicted molar refractivity (Wildman–Crippen MR) is 563 cm³/mol. The summed E-state index contributed by atoms with van der Waals surface area (Å²) in [6, 6.07) is 34.2. The Bertz CT molecular complexity index is 7730. The van der Waals surface area contributed by atoms with E-state index in [9.17, 15) is 0 Å². The molecule has 149 heavy (non-hydrogen) atoms. The van der Waals surface area contributed by atoms with Gasteiger partial charge in [0.15, 0.2) is 20.6 Å². The van der Waals surface area contributed by atoms with E-state index < -0.39 is 0 Å². The van der Waals surface area contributed by atoms with E-state index in [2.05, 4.69) is 211 Å². The van der Waals surface area contributed by atoms with Gasteiger partial charge in [0.1, 0.15) is 164 Å². The van der Waals surface area contributed by atoms with Gasteiger partial charge in [-0.25, -0.2) is 109 Å². The van der Waals surface area contributed by atoms with Crippen LogP contribution < -0.4 is 0 Å². The highest BCUT2D eigenvalue weighted by atomic mass is 32.2. The number of aromatic amines is 3. The standard InChI is InChI=1S/C13H15N3S.C12H13N3OS.C12H13N3S.C11H9N5S.C10H8N6S.C10H7N5S.C9H7N7S.C9H6N6S.C8H5N7S/c1-2-5-10(6-3-1)17-13-12-11(15-9-16-13)7-4-8-14-12;1-2-10-11(13-5-1)12(15-8-14-10)17-9-3-6-16-7-4-9;1-2-5-9(4-1)16-12-11-10(14-8-15-12)6-3-7-13-11;1-16-6-5-13-11(16)17-10-9-8(14-7-15-10)3-2-4-12-9;1-16-6-14-15-10(16)17-9-8-7(12-5-13-9)3-2-4-11-8;1-2-7-8(11-3-1)9(15-6-14-7)16-10-12-4-5-13-10;1-16-9(13-14-15-16)17-8-7-6(11-5-12-8)3-2-4-10-7;1-2-6-7(10-3-1)8(12-4-11-6)16-9-13-5-14-15-9;1-2-5-6(9-3-1)7(11-4-10-5)16-8-12-14-15-13-8/h4,7-10H,1-3,5-6H2;1-2,5,8-9H,3-4,6-7H2;3,6-9H,1-2,4-5H2;2-7H,1H3;2-6H,1H3;1-6H,(H,12,13);2-5H,1H3;1-5H,(H,13,14,15);1-4H,(H,12,13,14,15). The Balaban J connectivity index is 0.000000105. The summed E-state index contributed by atoms with van der Waals surface area (Å²) in [5.41, 5.74) is 15.2. The molecular weight excluding hydrogens is 2060 g/mol. The Morgan fingerprint density at radius 1 is 0.295 bits per heavy atom. The molecule has 3 N–H and O–H groups in total. The molecule has 0 bridgehead atoms. The molecule has 46 nitrogen and oxygen atoms in total. The Hall–Kier alpha value is -15.6. The largest absolute Gasteiger partial charge is 0.381 e. The minimum Gasteiger partial charge on any atom is -0.381 e. The first-order chi connectivity index (χ1) is 73.6. The Morgan fingerprint density at radius 2 is 0.644 bits per heavy atom. The fraction of sp³-hybridized carbons (Fsp3) is 0.202. The van der Waals surface area contributed by atoms with Crippen LogP contribution in [-0.4, -0.2) is 254 Å². The number of nitrogens with one attached hydrogen (secondary N) is 3. The van der Waals surface area contributed by atoms with Gasteiger partial charge in [0, 0.05) is 131 Å². The van der Waals surface area contributed by atoms with Crippen LogP contribution in [0.3, 0.4) is 0 Å². The molecule has 25 heterocycles. The molecule has 24 aromatic heterocycles. The molecule has 1 aliphatic heterocycles. The number of hydrogen-bond donors (Lipinski definition) is 3. The van der Waals surface area contributed by atoms with Crippen molar-refractivity contribution >= 4 is 205 Å². The highest BCUT2D eigenvalue weighted by Gasteiger charge is 2.24. The number of ether oxygens (including phenoxy) is 1. The molecule has 0 spiro atoms. The molecular formula is C94H83N45OS9. The predicted octanol–water partition coefficient (Wildman–Crippen LogP) is 16.6. The van der Waals surface area contributed by atoms with Gasteiger partial charge in [-0.1, -0.05) is 32.1 Å². The van der Waals surface area contributed by atoms with E-state index in [1.54, 1.807) is 117 Å². The van der Waals surface area contributed by atoms with Crippen molar-refractivity contribution in [3.8, 4) is 0 Å². The Kier molecular flexibility index (Phi) is 36.0. The topological polar surface area (TPSA) is 574 Å². The van der Waals surface area contributed by atoms with Gasteiger partial charge in [0.05, 0.1) is 49.7 Å². The smallest absolute Gasteiger partial charge is 0.237 e. The first-order valence-corrected chi connectivity index (χ1v) is 53.5. The molecule has 24 aromatic rings. The number of H-pyrrole nitrogens is 3. The van der Waals surface area contributed by atoms with E-state index in [4.69, 9.17) is 4.74 Å². The lowest BCUT2D eigenvalue weighted by molar-refractivity contribution is 0.1000. The number of nitrogens with zero attached hydrogens (tertiary/aromatic N) is 42. The number of thioether (sulfide) groups is 3. The van der Waals surface area contributed by atoms with Gasteiger partial charge in [0.2, 0.25) is 10.3 Å². The summed E-state index contributed by atoms with van der Waals surface area (Å²) in [5, 5.41) is 53.2. The number of aromatic nitrogens is 45. The number of aryl methyl sites for hydroxylation is 3. The number of pyridine rings is 9. The monoisotopic (exact) mass is 2150 g/mol. The van der Waals surface area contributed by atoms with Crippen molar-refractivity contribution in [3.05, 3.63) is 259 Å². The van der Waals surface area contributed by atoms with Crippen molar-refractivity contribution in [3.63, 3.8) is 0 Å². The number of hydrogen-bond acceptors (Lipinski definition) is 49. The summed E-state index contributed by atoms with van der Waals surface area (Å²) in [6.07, 6.45) is 54.3. The van der Waals surface area contributed by atoms with Crippen molar-refractivity contribution in [1.29, 1.82) is 0 Å². The van der Waals surface area contributed by atoms with Crippen LogP contribution in [0.4, 0.5) is 0 Å². The third-order valence-electron chi connectivity index (χ3n) is 21.5. The van der Waals surface area contributed by atoms with Gasteiger partial charge in [-0.3, -0.25) is 50.0 Å². The van der Waals surface area contributed by atoms with E-state index in [1.165, 1.54) is 166 Å². The van der Waals surface area contributed by atoms with Crippen molar-refractivity contribution in [2.24, 2.45) is 21.1 Å². The van der Waals surface area contributed by atoms with Crippen LogP contribution in [0.5, 0.6) is 0 Å². The van der Waals surface area contributed by atoms with Crippen molar-refractivity contribution < 1.29 is 4.74 Å². The van der Waals surface area contributed by atoms with Crippen LogP contribution in [-0.2, 0) is 25.9 Å². The van der Waals surface area contributed by atoms with E-state index in [1.807, 2.05) is 175 Å². The second-order valence-corrected chi connectivity index (χ2v) is 41.0. The fourth-order valence-electron chi connectivity index (χ4n) is 14.4. The molecule has 0 amide bonds.